The second-order valence-electron chi connectivity index (χ2n) is 4.86. The largest absolute Gasteiger partial charge is 0.297 e. The molecule has 0 spiro atoms. The normalized spacial score (nSPS) is 19.1. The molecule has 1 unspecified atom stereocenters. The van der Waals surface area contributed by atoms with Gasteiger partial charge in [0.2, 0.25) is 0 Å². The number of hydrogen-bond acceptors (Lipinski definition) is 1. The van der Waals surface area contributed by atoms with Gasteiger partial charge in [0.1, 0.15) is 0 Å². The van der Waals surface area contributed by atoms with Crippen molar-refractivity contribution in [3.8, 4) is 0 Å². The molecule has 0 aliphatic carbocycles. The van der Waals surface area contributed by atoms with Crippen molar-refractivity contribution in [1.82, 2.24) is 4.90 Å². The summed E-state index contributed by atoms with van der Waals surface area (Å²) >= 11 is 0. The van der Waals surface area contributed by atoms with Gasteiger partial charge < -0.3 is 0 Å². The number of nitrogens with zero attached hydrogens (tertiary/aromatic N) is 1. The van der Waals surface area contributed by atoms with E-state index in [2.05, 4.69) is 31.6 Å². The second-order valence-corrected chi connectivity index (χ2v) is 4.86. The zero-order valence-corrected chi connectivity index (χ0v) is 10.7. The molecular formula is C15H25N. The Morgan fingerprint density at radius 2 is 1.88 bits per heavy atom. The molecule has 0 aromatic carbocycles. The van der Waals surface area contributed by atoms with E-state index in [4.69, 9.17) is 0 Å². The van der Waals surface area contributed by atoms with Crippen LogP contribution in [-0.4, -0.2) is 24.0 Å². The quantitative estimate of drug-likeness (QED) is 0.483. The molecule has 90 valence electrons. The Kier molecular flexibility index (Phi) is 5.54. The van der Waals surface area contributed by atoms with E-state index >= 15 is 0 Å². The molecule has 1 fully saturated rings. The van der Waals surface area contributed by atoms with Gasteiger partial charge in [-0.2, -0.15) is 0 Å². The highest BCUT2D eigenvalue weighted by Gasteiger charge is 2.20. The summed E-state index contributed by atoms with van der Waals surface area (Å²) < 4.78 is 0. The van der Waals surface area contributed by atoms with E-state index in [0.29, 0.717) is 6.04 Å². The minimum atomic E-state index is 0.539. The smallest absolute Gasteiger partial charge is 0.0305 e. The van der Waals surface area contributed by atoms with E-state index in [1.807, 2.05) is 6.08 Å². The Morgan fingerprint density at radius 3 is 2.38 bits per heavy atom. The van der Waals surface area contributed by atoms with Gasteiger partial charge in [0.25, 0.3) is 0 Å². The fourth-order valence-corrected chi connectivity index (χ4v) is 2.39. The van der Waals surface area contributed by atoms with E-state index in [0.717, 1.165) is 18.4 Å². The first-order valence-corrected chi connectivity index (χ1v) is 6.35. The standard InChI is InChI=1S/C15H25N/c1-5-14(4)9-10-15(13(2)3)16-11-7-6-8-12-16/h5,15H,1-2,4,6-12H2,3H3. The van der Waals surface area contributed by atoms with Crippen LogP contribution in [0.1, 0.15) is 39.0 Å². The van der Waals surface area contributed by atoms with Gasteiger partial charge in [0.15, 0.2) is 0 Å². The van der Waals surface area contributed by atoms with Crippen molar-refractivity contribution in [2.45, 2.75) is 45.1 Å². The lowest BCUT2D eigenvalue weighted by atomic mass is 9.97. The predicted octanol–water partition coefficient (Wildman–Crippen LogP) is 3.94. The molecule has 1 nitrogen and oxygen atoms in total. The number of rotatable bonds is 6. The third-order valence-corrected chi connectivity index (χ3v) is 3.43. The average Bonchev–Trinajstić information content (AvgIpc) is 2.30. The summed E-state index contributed by atoms with van der Waals surface area (Å²) in [5.74, 6) is 0. The second kappa shape index (κ2) is 6.70. The summed E-state index contributed by atoms with van der Waals surface area (Å²) in [7, 11) is 0. The van der Waals surface area contributed by atoms with Crippen LogP contribution >= 0.6 is 0 Å². The SMILES string of the molecule is C=CC(=C)CCC(C(=C)C)N1CCCCC1. The van der Waals surface area contributed by atoms with E-state index in [1.165, 1.54) is 37.9 Å². The molecular weight excluding hydrogens is 194 g/mol. The van der Waals surface area contributed by atoms with Crippen LogP contribution in [0.25, 0.3) is 0 Å². The van der Waals surface area contributed by atoms with E-state index in [-0.39, 0.29) is 0 Å². The number of piperidine rings is 1. The third-order valence-electron chi connectivity index (χ3n) is 3.43. The molecule has 0 N–H and O–H groups in total. The van der Waals surface area contributed by atoms with Crippen LogP contribution in [0.5, 0.6) is 0 Å². The zero-order valence-electron chi connectivity index (χ0n) is 10.7. The zero-order chi connectivity index (χ0) is 12.0. The fraction of sp³-hybridized carbons (Fsp3) is 0.600. The number of allylic oxidation sites excluding steroid dienone is 2. The molecule has 0 aromatic heterocycles. The first kappa shape index (κ1) is 13.2. The number of likely N-dealkylation sites (tertiary alicyclic amines) is 1. The van der Waals surface area contributed by atoms with Gasteiger partial charge in [-0.3, -0.25) is 4.90 Å². The monoisotopic (exact) mass is 219 g/mol. The van der Waals surface area contributed by atoms with Gasteiger partial charge in [0, 0.05) is 6.04 Å². The Labute approximate surface area is 101 Å². The maximum absolute atomic E-state index is 4.14. The van der Waals surface area contributed by atoms with Crippen LogP contribution in [0.4, 0.5) is 0 Å². The molecule has 1 atom stereocenters. The molecule has 0 amide bonds. The Hall–Kier alpha value is -0.820. The van der Waals surface area contributed by atoms with Crippen LogP contribution in [0, 0.1) is 0 Å². The summed E-state index contributed by atoms with van der Waals surface area (Å²) in [5.41, 5.74) is 2.43. The predicted molar refractivity (Wildman–Crippen MR) is 72.6 cm³/mol. The van der Waals surface area contributed by atoms with Crippen molar-refractivity contribution in [2.75, 3.05) is 13.1 Å². The lowest BCUT2D eigenvalue weighted by molar-refractivity contribution is 0.177. The molecule has 0 saturated carbocycles. The van der Waals surface area contributed by atoms with Crippen molar-refractivity contribution < 1.29 is 0 Å². The molecule has 1 aliphatic heterocycles. The van der Waals surface area contributed by atoms with Gasteiger partial charge in [-0.05, 0) is 45.7 Å². The highest BCUT2D eigenvalue weighted by atomic mass is 15.2. The number of hydrogen-bond donors (Lipinski definition) is 0. The Balaban J connectivity index is 2.49. The Bertz CT molecular complexity index is 259. The summed E-state index contributed by atoms with van der Waals surface area (Å²) in [6.45, 7) is 16.5. The van der Waals surface area contributed by atoms with Gasteiger partial charge in [-0.15, -0.1) is 0 Å². The lowest BCUT2D eigenvalue weighted by Gasteiger charge is -2.35. The molecule has 0 aromatic rings. The van der Waals surface area contributed by atoms with Crippen LogP contribution in [0.3, 0.4) is 0 Å². The van der Waals surface area contributed by atoms with Crippen molar-refractivity contribution in [3.63, 3.8) is 0 Å². The molecule has 1 rings (SSSR count). The van der Waals surface area contributed by atoms with Gasteiger partial charge in [-0.1, -0.05) is 43.4 Å². The van der Waals surface area contributed by atoms with E-state index in [1.54, 1.807) is 0 Å². The van der Waals surface area contributed by atoms with Crippen molar-refractivity contribution in [3.05, 3.63) is 37.0 Å². The van der Waals surface area contributed by atoms with Gasteiger partial charge in [-0.25, -0.2) is 0 Å². The molecule has 1 heteroatoms. The van der Waals surface area contributed by atoms with Crippen molar-refractivity contribution in [2.24, 2.45) is 0 Å². The highest BCUT2D eigenvalue weighted by Crippen LogP contribution is 2.21. The maximum atomic E-state index is 4.14. The van der Waals surface area contributed by atoms with Crippen LogP contribution in [0.2, 0.25) is 0 Å². The lowest BCUT2D eigenvalue weighted by Crippen LogP contribution is -2.39. The Morgan fingerprint density at radius 1 is 1.25 bits per heavy atom. The van der Waals surface area contributed by atoms with Crippen LogP contribution in [-0.2, 0) is 0 Å². The molecule has 16 heavy (non-hydrogen) atoms. The molecule has 1 heterocycles. The summed E-state index contributed by atoms with van der Waals surface area (Å²) in [5, 5.41) is 0. The topological polar surface area (TPSA) is 3.24 Å². The average molecular weight is 219 g/mol. The van der Waals surface area contributed by atoms with Crippen molar-refractivity contribution in [1.29, 1.82) is 0 Å². The molecule has 1 aliphatic rings. The van der Waals surface area contributed by atoms with Crippen LogP contribution in [0.15, 0.2) is 37.0 Å². The summed E-state index contributed by atoms with van der Waals surface area (Å²) in [6.07, 6.45) is 8.11. The molecule has 1 saturated heterocycles. The summed E-state index contributed by atoms with van der Waals surface area (Å²) in [4.78, 5) is 2.59. The third kappa shape index (κ3) is 3.97. The van der Waals surface area contributed by atoms with Gasteiger partial charge >= 0.3 is 0 Å². The maximum Gasteiger partial charge on any atom is 0.0305 e. The first-order chi connectivity index (χ1) is 7.65. The minimum Gasteiger partial charge on any atom is -0.297 e. The minimum absolute atomic E-state index is 0.539. The summed E-state index contributed by atoms with van der Waals surface area (Å²) in [6, 6.07) is 0.539. The molecule has 0 bridgehead atoms. The fourth-order valence-electron chi connectivity index (χ4n) is 2.39. The first-order valence-electron chi connectivity index (χ1n) is 6.35. The highest BCUT2D eigenvalue weighted by molar-refractivity contribution is 5.13. The van der Waals surface area contributed by atoms with E-state index in [9.17, 15) is 0 Å². The van der Waals surface area contributed by atoms with Gasteiger partial charge in [0.05, 0.1) is 0 Å². The van der Waals surface area contributed by atoms with E-state index < -0.39 is 0 Å². The van der Waals surface area contributed by atoms with Crippen molar-refractivity contribution >= 4 is 0 Å². The molecule has 0 radical (unpaired) electrons. The van der Waals surface area contributed by atoms with Crippen LogP contribution < -0.4 is 0 Å².